The quantitative estimate of drug-likeness (QED) is 0.329. The van der Waals surface area contributed by atoms with Crippen molar-refractivity contribution in [3.8, 4) is 5.75 Å². The largest absolute Gasteiger partial charge is 0.534 e. The first-order valence-corrected chi connectivity index (χ1v) is 13.8. The van der Waals surface area contributed by atoms with Crippen LogP contribution in [0.3, 0.4) is 0 Å². The van der Waals surface area contributed by atoms with Crippen LogP contribution in [-0.4, -0.2) is 51.5 Å². The summed E-state index contributed by atoms with van der Waals surface area (Å²) in [4.78, 5) is 4.59. The molecule has 1 heterocycles. The van der Waals surface area contributed by atoms with Gasteiger partial charge in [-0.05, 0) is 67.5 Å². The zero-order valence-electron chi connectivity index (χ0n) is 20.8. The Bertz CT molecular complexity index is 912. The fourth-order valence-electron chi connectivity index (χ4n) is 5.23. The van der Waals surface area contributed by atoms with Gasteiger partial charge < -0.3 is 9.08 Å². The molecular formula is C25H39F3N2O3S. The molecule has 34 heavy (non-hydrogen) atoms. The summed E-state index contributed by atoms with van der Waals surface area (Å²) in [5, 5.41) is 0. The van der Waals surface area contributed by atoms with E-state index >= 15 is 0 Å². The number of rotatable bonds is 7. The highest BCUT2D eigenvalue weighted by atomic mass is 32.2. The fraction of sp³-hybridized carbons (Fsp3) is 0.760. The van der Waals surface area contributed by atoms with Crippen molar-refractivity contribution in [1.29, 1.82) is 0 Å². The maximum atomic E-state index is 12.9. The van der Waals surface area contributed by atoms with Gasteiger partial charge in [-0.15, -0.1) is 0 Å². The molecule has 0 bridgehead atoms. The molecule has 1 aromatic carbocycles. The van der Waals surface area contributed by atoms with Crippen LogP contribution in [0.25, 0.3) is 0 Å². The van der Waals surface area contributed by atoms with Gasteiger partial charge in [-0.3, -0.25) is 4.90 Å². The lowest BCUT2D eigenvalue weighted by Crippen LogP contribution is -2.47. The average Bonchev–Trinajstić information content (AvgIpc) is 2.76. The van der Waals surface area contributed by atoms with Crippen molar-refractivity contribution in [2.24, 2.45) is 11.3 Å². The third-order valence-electron chi connectivity index (χ3n) is 7.42. The Kier molecular flexibility index (Phi) is 8.49. The Morgan fingerprint density at radius 2 is 1.62 bits per heavy atom. The van der Waals surface area contributed by atoms with E-state index in [2.05, 4.69) is 41.7 Å². The number of benzene rings is 1. The third-order valence-corrected chi connectivity index (χ3v) is 8.40. The average molecular weight is 505 g/mol. The highest BCUT2D eigenvalue weighted by Crippen LogP contribution is 2.46. The van der Waals surface area contributed by atoms with Gasteiger partial charge in [0.2, 0.25) is 0 Å². The van der Waals surface area contributed by atoms with E-state index < -0.39 is 15.6 Å². The monoisotopic (exact) mass is 504 g/mol. The van der Waals surface area contributed by atoms with E-state index in [9.17, 15) is 21.6 Å². The molecule has 0 amide bonds. The smallest absolute Gasteiger partial charge is 0.376 e. The topological polar surface area (TPSA) is 49.9 Å². The maximum Gasteiger partial charge on any atom is 0.534 e. The summed E-state index contributed by atoms with van der Waals surface area (Å²) in [6.07, 6.45) is 6.53. The fourth-order valence-corrected chi connectivity index (χ4v) is 5.68. The van der Waals surface area contributed by atoms with Crippen molar-refractivity contribution >= 4 is 15.8 Å². The van der Waals surface area contributed by atoms with Crippen LogP contribution in [0.1, 0.15) is 77.7 Å². The van der Waals surface area contributed by atoms with Crippen LogP contribution in [0.4, 0.5) is 18.9 Å². The minimum Gasteiger partial charge on any atom is -0.376 e. The predicted molar refractivity (Wildman–Crippen MR) is 130 cm³/mol. The number of hydrogen-bond donors (Lipinski definition) is 0. The second kappa shape index (κ2) is 10.6. The summed E-state index contributed by atoms with van der Waals surface area (Å²) in [6, 6.07) is 4.65. The Morgan fingerprint density at radius 3 is 2.15 bits per heavy atom. The molecular weight excluding hydrogens is 465 g/mol. The number of nitrogens with zero attached hydrogens (tertiary/aromatic N) is 2. The molecule has 1 aromatic rings. The predicted octanol–water partition coefficient (Wildman–Crippen LogP) is 6.16. The van der Waals surface area contributed by atoms with Gasteiger partial charge in [0.25, 0.3) is 0 Å². The van der Waals surface area contributed by atoms with Gasteiger partial charge in [0.05, 0.1) is 0 Å². The van der Waals surface area contributed by atoms with Gasteiger partial charge in [-0.2, -0.15) is 21.6 Å². The van der Waals surface area contributed by atoms with Crippen molar-refractivity contribution in [3.63, 3.8) is 0 Å². The summed E-state index contributed by atoms with van der Waals surface area (Å²) in [6.45, 7) is 13.3. The van der Waals surface area contributed by atoms with Gasteiger partial charge in [0, 0.05) is 37.9 Å². The first kappa shape index (κ1) is 27.1. The van der Waals surface area contributed by atoms with E-state index in [1.54, 1.807) is 6.07 Å². The van der Waals surface area contributed by atoms with Gasteiger partial charge in [-0.1, -0.05) is 40.2 Å². The Morgan fingerprint density at radius 1 is 1.00 bits per heavy atom. The summed E-state index contributed by atoms with van der Waals surface area (Å²) < 4.78 is 66.4. The second-order valence-corrected chi connectivity index (χ2v) is 12.3. The molecule has 194 valence electrons. The van der Waals surface area contributed by atoms with Crippen molar-refractivity contribution in [3.05, 3.63) is 23.8 Å². The van der Waals surface area contributed by atoms with E-state index in [-0.39, 0.29) is 11.2 Å². The van der Waals surface area contributed by atoms with Crippen LogP contribution in [-0.2, 0) is 10.1 Å². The SMILES string of the molecule is CCCCN1CCN(c2cc(OS(=O)(=O)C(F)(F)F)ccc2[C@H]2CC[C@@H](C(C)(C)C)CC2)CC1. The highest BCUT2D eigenvalue weighted by Gasteiger charge is 2.48. The van der Waals surface area contributed by atoms with Crippen LogP contribution in [0.2, 0.25) is 0 Å². The standard InChI is InChI=1S/C25H39F3N2O3S/c1-5-6-13-29-14-16-30(17-15-29)23-18-21(33-34(31,32)25(26,27)28)11-12-22(23)19-7-9-20(10-8-19)24(2,3)4/h11-12,18-20H,5-10,13-17H2,1-4H3/t19-,20+. The first-order valence-electron chi connectivity index (χ1n) is 12.4. The van der Waals surface area contributed by atoms with Gasteiger partial charge in [0.15, 0.2) is 0 Å². The molecule has 5 nitrogen and oxygen atoms in total. The number of unbranched alkanes of at least 4 members (excludes halogenated alkanes) is 1. The third kappa shape index (κ3) is 6.59. The van der Waals surface area contributed by atoms with Crippen molar-refractivity contribution < 1.29 is 25.8 Å². The van der Waals surface area contributed by atoms with Crippen LogP contribution >= 0.6 is 0 Å². The van der Waals surface area contributed by atoms with E-state index in [4.69, 9.17) is 0 Å². The molecule has 2 aliphatic rings. The van der Waals surface area contributed by atoms with E-state index in [0.29, 0.717) is 11.8 Å². The molecule has 1 saturated heterocycles. The van der Waals surface area contributed by atoms with Crippen LogP contribution in [0, 0.1) is 11.3 Å². The van der Waals surface area contributed by atoms with Crippen LogP contribution in [0.5, 0.6) is 5.75 Å². The number of hydrogen-bond acceptors (Lipinski definition) is 5. The van der Waals surface area contributed by atoms with E-state index in [1.807, 2.05) is 0 Å². The lowest BCUT2D eigenvalue weighted by atomic mass is 9.68. The van der Waals surface area contributed by atoms with Crippen molar-refractivity contribution in [1.82, 2.24) is 4.90 Å². The van der Waals surface area contributed by atoms with Gasteiger partial charge >= 0.3 is 15.6 Å². The molecule has 2 fully saturated rings. The van der Waals surface area contributed by atoms with Crippen LogP contribution in [0.15, 0.2) is 18.2 Å². The Labute approximate surface area is 202 Å². The van der Waals surface area contributed by atoms with E-state index in [0.717, 1.165) is 82.5 Å². The van der Waals surface area contributed by atoms with Crippen molar-refractivity contribution in [2.45, 2.75) is 77.6 Å². The lowest BCUT2D eigenvalue weighted by molar-refractivity contribution is -0.0500. The minimum atomic E-state index is -5.71. The first-order chi connectivity index (χ1) is 15.8. The summed E-state index contributed by atoms with van der Waals surface area (Å²) >= 11 is 0. The summed E-state index contributed by atoms with van der Waals surface area (Å²) in [5.74, 6) is 0.668. The molecule has 3 rings (SSSR count). The highest BCUT2D eigenvalue weighted by molar-refractivity contribution is 7.88. The molecule has 1 saturated carbocycles. The number of alkyl halides is 3. The molecule has 1 aliphatic heterocycles. The minimum absolute atomic E-state index is 0.256. The molecule has 0 N–H and O–H groups in total. The summed E-state index contributed by atoms with van der Waals surface area (Å²) in [7, 11) is -5.71. The molecule has 0 atom stereocenters. The molecule has 9 heteroatoms. The number of piperazine rings is 1. The molecule has 0 aromatic heterocycles. The van der Waals surface area contributed by atoms with Crippen molar-refractivity contribution in [2.75, 3.05) is 37.6 Å². The maximum absolute atomic E-state index is 12.9. The molecule has 0 radical (unpaired) electrons. The molecule has 1 aliphatic carbocycles. The second-order valence-electron chi connectivity index (χ2n) is 10.8. The number of anilines is 1. The Balaban J connectivity index is 1.84. The van der Waals surface area contributed by atoms with Gasteiger partial charge in [0.1, 0.15) is 5.75 Å². The molecule has 0 unspecified atom stereocenters. The van der Waals surface area contributed by atoms with Crippen LogP contribution < -0.4 is 9.08 Å². The number of halogens is 3. The van der Waals surface area contributed by atoms with Gasteiger partial charge in [-0.25, -0.2) is 0 Å². The Hall–Kier alpha value is -1.48. The zero-order chi connectivity index (χ0) is 25.1. The summed E-state index contributed by atoms with van der Waals surface area (Å²) in [5.41, 5.74) is -3.30. The lowest BCUT2D eigenvalue weighted by Gasteiger charge is -2.40. The van der Waals surface area contributed by atoms with E-state index in [1.165, 1.54) is 12.1 Å². The zero-order valence-corrected chi connectivity index (χ0v) is 21.6. The molecule has 0 spiro atoms. The normalized spacial score (nSPS) is 23.2.